The molecule has 0 fully saturated rings. The van der Waals surface area contributed by atoms with Gasteiger partial charge in [0.2, 0.25) is 0 Å². The van der Waals surface area contributed by atoms with E-state index in [9.17, 15) is 0 Å². The van der Waals surface area contributed by atoms with Gasteiger partial charge in [-0.15, -0.1) is 0 Å². The van der Waals surface area contributed by atoms with Crippen LogP contribution in [0, 0.1) is 6.92 Å². The Labute approximate surface area is 228 Å². The molecule has 0 aliphatic carbocycles. The summed E-state index contributed by atoms with van der Waals surface area (Å²) in [6.07, 6.45) is 5.51. The Morgan fingerprint density at radius 3 is 2.16 bits per heavy atom. The normalized spacial score (nSPS) is 12.8. The number of aryl methyl sites for hydroxylation is 3. The molecule has 38 heavy (non-hydrogen) atoms. The Kier molecular flexibility index (Phi) is 6.42. The van der Waals surface area contributed by atoms with Crippen LogP contribution in [0.15, 0.2) is 79.0 Å². The van der Waals surface area contributed by atoms with Crippen LogP contribution in [0.2, 0.25) is 0 Å². The fraction of sp³-hybridized carbons (Fsp3) is 0.219. The lowest BCUT2D eigenvalue weighted by molar-refractivity contribution is 0.415. The summed E-state index contributed by atoms with van der Waals surface area (Å²) in [6, 6.07) is 24.9. The third kappa shape index (κ3) is 4.15. The molecule has 2 aromatic heterocycles. The first-order chi connectivity index (χ1) is 18.6. The van der Waals surface area contributed by atoms with E-state index in [4.69, 9.17) is 21.7 Å². The van der Waals surface area contributed by atoms with Crippen molar-refractivity contribution in [3.63, 3.8) is 0 Å². The number of nitrogens with zero attached hydrogens (tertiary/aromatic N) is 2. The Bertz CT molecular complexity index is 1630. The van der Waals surface area contributed by atoms with Gasteiger partial charge in [-0.25, -0.2) is 0 Å². The van der Waals surface area contributed by atoms with Crippen molar-refractivity contribution in [3.8, 4) is 33.9 Å². The Hall–Kier alpha value is -4.03. The number of anilines is 1. The molecule has 1 aliphatic rings. The van der Waals surface area contributed by atoms with Crippen molar-refractivity contribution >= 4 is 28.5 Å². The number of imidazole rings is 1. The van der Waals surface area contributed by atoms with E-state index in [0.717, 1.165) is 65.4 Å². The topological polar surface area (TPSA) is 39.8 Å². The number of rotatable bonds is 6. The van der Waals surface area contributed by atoms with Crippen molar-refractivity contribution in [2.45, 2.75) is 32.7 Å². The molecule has 5 aromatic rings. The first kappa shape index (κ1) is 24.3. The molecule has 1 N–H and O–H groups in total. The minimum atomic E-state index is 0.713. The first-order valence-electron chi connectivity index (χ1n) is 13.0. The summed E-state index contributed by atoms with van der Waals surface area (Å²) in [4.78, 5) is 0.713. The summed E-state index contributed by atoms with van der Waals surface area (Å²) >= 11 is 6.16. The van der Waals surface area contributed by atoms with Gasteiger partial charge in [0.1, 0.15) is 22.1 Å². The Morgan fingerprint density at radius 1 is 0.842 bits per heavy atom. The molecule has 0 saturated heterocycles. The Balaban J connectivity index is 1.59. The van der Waals surface area contributed by atoms with Gasteiger partial charge in [0.15, 0.2) is 0 Å². The van der Waals surface area contributed by atoms with Crippen LogP contribution in [0.4, 0.5) is 5.69 Å². The molecule has 0 atom stereocenters. The molecule has 0 unspecified atom stereocenters. The molecule has 0 amide bonds. The number of hydrogen-bond acceptors (Lipinski definition) is 3. The summed E-state index contributed by atoms with van der Waals surface area (Å²) in [7, 11) is 3.40. The van der Waals surface area contributed by atoms with Crippen LogP contribution < -0.4 is 14.8 Å². The van der Waals surface area contributed by atoms with Crippen LogP contribution >= 0.6 is 12.2 Å². The quantitative estimate of drug-likeness (QED) is 0.235. The lowest BCUT2D eigenvalue weighted by Gasteiger charge is -2.14. The summed E-state index contributed by atoms with van der Waals surface area (Å²) in [6.45, 7) is 3.07. The molecule has 3 aromatic carbocycles. The van der Waals surface area contributed by atoms with E-state index in [1.165, 1.54) is 22.5 Å². The van der Waals surface area contributed by atoms with Crippen molar-refractivity contribution in [2.75, 3.05) is 19.5 Å². The zero-order chi connectivity index (χ0) is 26.2. The van der Waals surface area contributed by atoms with E-state index < -0.39 is 0 Å². The third-order valence-corrected chi connectivity index (χ3v) is 7.80. The highest BCUT2D eigenvalue weighted by Gasteiger charge is 2.28. The van der Waals surface area contributed by atoms with Crippen LogP contribution in [0.5, 0.6) is 11.5 Å². The number of thiocarbonyl (C=S) groups is 1. The monoisotopic (exact) mass is 521 g/mol. The molecule has 192 valence electrons. The Morgan fingerprint density at radius 2 is 1.50 bits per heavy atom. The number of methoxy groups -OCH3 is 2. The van der Waals surface area contributed by atoms with Crippen LogP contribution in [-0.2, 0) is 13.0 Å². The second-order valence-corrected chi connectivity index (χ2v) is 10.2. The maximum atomic E-state index is 6.16. The van der Waals surface area contributed by atoms with E-state index >= 15 is 0 Å². The fourth-order valence-electron chi connectivity index (χ4n) is 5.56. The summed E-state index contributed by atoms with van der Waals surface area (Å²) in [5.74, 6) is 1.70. The second-order valence-electron chi connectivity index (χ2n) is 9.74. The summed E-state index contributed by atoms with van der Waals surface area (Å²) in [5.41, 5.74) is 10.5. The highest BCUT2D eigenvalue weighted by molar-refractivity contribution is 7.81. The van der Waals surface area contributed by atoms with Crippen LogP contribution in [0.3, 0.4) is 0 Å². The van der Waals surface area contributed by atoms with E-state index in [1.54, 1.807) is 14.2 Å². The van der Waals surface area contributed by atoms with Gasteiger partial charge < -0.3 is 19.4 Å². The van der Waals surface area contributed by atoms with Gasteiger partial charge in [0, 0.05) is 29.6 Å². The highest BCUT2D eigenvalue weighted by Crippen LogP contribution is 2.40. The van der Waals surface area contributed by atoms with Crippen molar-refractivity contribution in [1.29, 1.82) is 0 Å². The smallest absolute Gasteiger partial charge is 0.128 e. The molecular formula is C32H31N3O2S. The fourth-order valence-corrected chi connectivity index (χ4v) is 5.87. The molecule has 0 spiro atoms. The summed E-state index contributed by atoms with van der Waals surface area (Å²) in [5, 5.41) is 3.57. The van der Waals surface area contributed by atoms with Gasteiger partial charge in [-0.1, -0.05) is 42.5 Å². The SMILES string of the molecule is COc1ccc(-c2c3c4n(c(-c5ccc(OC)cc5)cn4c2C(=S)Nc2ccccc2C)CCCC3)cc1. The summed E-state index contributed by atoms with van der Waals surface area (Å²) < 4.78 is 15.6. The highest BCUT2D eigenvalue weighted by atomic mass is 32.1. The predicted octanol–water partition coefficient (Wildman–Crippen LogP) is 7.52. The van der Waals surface area contributed by atoms with Gasteiger partial charge in [0.05, 0.1) is 25.6 Å². The van der Waals surface area contributed by atoms with Gasteiger partial charge in [-0.2, -0.15) is 0 Å². The number of hydrogen-bond donors (Lipinski definition) is 1. The molecule has 0 saturated carbocycles. The average Bonchev–Trinajstić information content (AvgIpc) is 3.37. The zero-order valence-corrected chi connectivity index (χ0v) is 22.8. The average molecular weight is 522 g/mol. The van der Waals surface area contributed by atoms with Crippen LogP contribution in [-0.4, -0.2) is 28.2 Å². The van der Waals surface area contributed by atoms with E-state index in [-0.39, 0.29) is 0 Å². The standard InChI is InChI=1S/C32H31N3O2S/c1-21-8-4-5-10-27(21)33-31(38)30-29(23-13-17-25(37-3)18-14-23)26-9-6-7-19-34-28(20-35(30)32(26)34)22-11-15-24(36-2)16-12-22/h4-5,8,10-18,20H,6-7,9,19H2,1-3H3,(H,33,38). The maximum absolute atomic E-state index is 6.16. The van der Waals surface area contributed by atoms with Gasteiger partial charge in [-0.05, 0) is 85.3 Å². The van der Waals surface area contributed by atoms with Crippen LogP contribution in [0.25, 0.3) is 28.0 Å². The number of aromatic nitrogens is 2. The number of para-hydroxylation sites is 1. The van der Waals surface area contributed by atoms with Crippen molar-refractivity contribution in [3.05, 3.63) is 95.8 Å². The maximum Gasteiger partial charge on any atom is 0.128 e. The molecule has 6 heteroatoms. The number of benzene rings is 3. The zero-order valence-electron chi connectivity index (χ0n) is 22.0. The molecule has 1 aliphatic heterocycles. The van der Waals surface area contributed by atoms with Crippen molar-refractivity contribution in [2.24, 2.45) is 0 Å². The number of nitrogens with one attached hydrogen (secondary N) is 1. The predicted molar refractivity (Wildman–Crippen MR) is 159 cm³/mol. The molecule has 6 rings (SSSR count). The number of ether oxygens (including phenoxy) is 2. The van der Waals surface area contributed by atoms with Crippen molar-refractivity contribution in [1.82, 2.24) is 8.97 Å². The molecule has 0 radical (unpaired) electrons. The van der Waals surface area contributed by atoms with E-state index in [1.807, 2.05) is 36.4 Å². The van der Waals surface area contributed by atoms with Gasteiger partial charge >= 0.3 is 0 Å². The largest absolute Gasteiger partial charge is 0.497 e. The molecular weight excluding hydrogens is 490 g/mol. The molecule has 5 nitrogen and oxygen atoms in total. The van der Waals surface area contributed by atoms with Crippen LogP contribution in [0.1, 0.15) is 29.7 Å². The minimum Gasteiger partial charge on any atom is -0.497 e. The third-order valence-electron chi connectivity index (χ3n) is 7.51. The van der Waals surface area contributed by atoms with E-state index in [0.29, 0.717) is 4.99 Å². The molecule has 0 bridgehead atoms. The van der Waals surface area contributed by atoms with Gasteiger partial charge in [0.25, 0.3) is 0 Å². The van der Waals surface area contributed by atoms with Crippen molar-refractivity contribution < 1.29 is 9.47 Å². The lowest BCUT2D eigenvalue weighted by atomic mass is 9.97. The lowest BCUT2D eigenvalue weighted by Crippen LogP contribution is -2.14. The van der Waals surface area contributed by atoms with E-state index in [2.05, 4.69) is 63.8 Å². The van der Waals surface area contributed by atoms with Gasteiger partial charge in [-0.3, -0.25) is 4.40 Å². The second kappa shape index (κ2) is 10.0. The molecule has 3 heterocycles. The first-order valence-corrected chi connectivity index (χ1v) is 13.4. The minimum absolute atomic E-state index is 0.713.